The van der Waals surface area contributed by atoms with Crippen molar-refractivity contribution in [1.29, 1.82) is 0 Å². The van der Waals surface area contributed by atoms with Crippen LogP contribution in [0.2, 0.25) is 5.02 Å². The minimum absolute atomic E-state index is 0.00647. The quantitative estimate of drug-likeness (QED) is 0.506. The van der Waals surface area contributed by atoms with Gasteiger partial charge in [0, 0.05) is 21.7 Å². The molecule has 8 heteroatoms. The minimum atomic E-state index is -1.29. The number of nitro benzene ring substituents is 1. The Labute approximate surface area is 158 Å². The van der Waals surface area contributed by atoms with E-state index in [9.17, 15) is 20.0 Å². The first-order chi connectivity index (χ1) is 12.3. The molecule has 2 aromatic carbocycles. The van der Waals surface area contributed by atoms with E-state index in [1.165, 1.54) is 23.5 Å². The maximum Gasteiger partial charge on any atom is 0.270 e. The molecule has 0 saturated carbocycles. The molecule has 3 rings (SSSR count). The first-order valence-electron chi connectivity index (χ1n) is 7.71. The van der Waals surface area contributed by atoms with Gasteiger partial charge in [0.25, 0.3) is 11.6 Å². The number of carbonyl (C=O) groups excluding carboxylic acids is 1. The zero-order valence-electron chi connectivity index (χ0n) is 13.7. The minimum Gasteiger partial charge on any atom is -0.383 e. The molecule has 26 heavy (non-hydrogen) atoms. The molecule has 2 N–H and O–H groups in total. The maximum atomic E-state index is 12.4. The normalized spacial score (nSPS) is 13.3. The number of nitrogens with one attached hydrogen (secondary N) is 1. The lowest BCUT2D eigenvalue weighted by molar-refractivity contribution is -0.384. The highest BCUT2D eigenvalue weighted by molar-refractivity contribution is 7.19. The molecule has 0 fully saturated rings. The Morgan fingerprint density at radius 1 is 1.31 bits per heavy atom. The molecule has 1 unspecified atom stereocenters. The Bertz CT molecular complexity index is 967. The van der Waals surface area contributed by atoms with Gasteiger partial charge < -0.3 is 10.4 Å². The van der Waals surface area contributed by atoms with Crippen LogP contribution in [0.25, 0.3) is 10.1 Å². The number of nitrogens with zero attached hydrogens (tertiary/aromatic N) is 1. The Morgan fingerprint density at radius 3 is 2.73 bits per heavy atom. The van der Waals surface area contributed by atoms with Crippen LogP contribution in [-0.2, 0) is 5.60 Å². The highest BCUT2D eigenvalue weighted by Crippen LogP contribution is 2.33. The van der Waals surface area contributed by atoms with Crippen molar-refractivity contribution in [3.05, 3.63) is 74.1 Å². The number of non-ortho nitro benzene ring substituents is 1. The van der Waals surface area contributed by atoms with E-state index in [0.29, 0.717) is 4.88 Å². The fourth-order valence-corrected chi connectivity index (χ4v) is 3.79. The van der Waals surface area contributed by atoms with Crippen LogP contribution >= 0.6 is 22.9 Å². The first kappa shape index (κ1) is 18.3. The summed E-state index contributed by atoms with van der Waals surface area (Å²) in [4.78, 5) is 23.3. The van der Waals surface area contributed by atoms with Crippen molar-refractivity contribution in [3.63, 3.8) is 0 Å². The van der Waals surface area contributed by atoms with Crippen molar-refractivity contribution < 1.29 is 14.8 Å². The highest BCUT2D eigenvalue weighted by Gasteiger charge is 2.27. The van der Waals surface area contributed by atoms with Crippen molar-refractivity contribution >= 4 is 44.6 Å². The van der Waals surface area contributed by atoms with Gasteiger partial charge in [0.2, 0.25) is 0 Å². The number of amides is 1. The number of halogens is 1. The summed E-state index contributed by atoms with van der Waals surface area (Å²) < 4.78 is 1.04. The van der Waals surface area contributed by atoms with Crippen LogP contribution in [0.5, 0.6) is 0 Å². The first-order valence-corrected chi connectivity index (χ1v) is 8.91. The Balaban J connectivity index is 1.78. The number of aliphatic hydroxyl groups is 1. The highest BCUT2D eigenvalue weighted by atomic mass is 35.5. The van der Waals surface area contributed by atoms with Gasteiger partial charge >= 0.3 is 0 Å². The molecule has 0 saturated heterocycles. The summed E-state index contributed by atoms with van der Waals surface area (Å²) in [5, 5.41) is 25.3. The predicted octanol–water partition coefficient (Wildman–Crippen LogP) is 4.10. The number of benzene rings is 2. The largest absolute Gasteiger partial charge is 0.383 e. The van der Waals surface area contributed by atoms with Gasteiger partial charge in [-0.3, -0.25) is 14.9 Å². The summed E-state index contributed by atoms with van der Waals surface area (Å²) >= 11 is 7.42. The second-order valence-electron chi connectivity index (χ2n) is 6.03. The number of hydrogen-bond donors (Lipinski definition) is 2. The van der Waals surface area contributed by atoms with Gasteiger partial charge in [0.1, 0.15) is 5.60 Å². The molecule has 0 aliphatic heterocycles. The van der Waals surface area contributed by atoms with E-state index >= 15 is 0 Å². The van der Waals surface area contributed by atoms with Crippen molar-refractivity contribution in [2.75, 3.05) is 6.54 Å². The Hall–Kier alpha value is -2.48. The fourth-order valence-electron chi connectivity index (χ4n) is 2.48. The number of rotatable bonds is 5. The number of thiophene rings is 1. The van der Waals surface area contributed by atoms with E-state index in [4.69, 9.17) is 11.6 Å². The van der Waals surface area contributed by atoms with Gasteiger partial charge in [-0.05, 0) is 30.5 Å². The zero-order chi connectivity index (χ0) is 18.9. The number of carbonyl (C=O) groups is 1. The van der Waals surface area contributed by atoms with Gasteiger partial charge in [-0.2, -0.15) is 0 Å². The summed E-state index contributed by atoms with van der Waals surface area (Å²) in [6, 6.07) is 13.3. The topological polar surface area (TPSA) is 92.5 Å². The van der Waals surface area contributed by atoms with E-state index in [-0.39, 0.29) is 22.8 Å². The lowest BCUT2D eigenvalue weighted by Gasteiger charge is -2.22. The van der Waals surface area contributed by atoms with Crippen LogP contribution in [0, 0.1) is 10.1 Å². The van der Waals surface area contributed by atoms with Crippen LogP contribution in [0.1, 0.15) is 22.2 Å². The average Bonchev–Trinajstić information content (AvgIpc) is 3.05. The van der Waals surface area contributed by atoms with Gasteiger partial charge in [-0.25, -0.2) is 0 Å². The molecule has 0 aliphatic rings. The van der Waals surface area contributed by atoms with Crippen LogP contribution in [0.3, 0.4) is 0 Å². The van der Waals surface area contributed by atoms with E-state index in [0.717, 1.165) is 16.2 Å². The van der Waals surface area contributed by atoms with Gasteiger partial charge in [-0.15, -0.1) is 11.3 Å². The third-order valence-electron chi connectivity index (χ3n) is 3.95. The van der Waals surface area contributed by atoms with Crippen LogP contribution in [0.4, 0.5) is 5.69 Å². The Morgan fingerprint density at radius 2 is 2.04 bits per heavy atom. The van der Waals surface area contributed by atoms with E-state index in [1.807, 2.05) is 30.3 Å². The van der Waals surface area contributed by atoms with Crippen molar-refractivity contribution in [1.82, 2.24) is 5.32 Å². The number of fused-ring (bicyclic) bond motifs is 1. The van der Waals surface area contributed by atoms with Crippen molar-refractivity contribution in [3.8, 4) is 0 Å². The average molecular weight is 391 g/mol. The summed E-state index contributed by atoms with van der Waals surface area (Å²) in [5.41, 5.74) is -1.52. The Kier molecular flexibility index (Phi) is 4.95. The lowest BCUT2D eigenvalue weighted by atomic mass is 10.0. The van der Waals surface area contributed by atoms with Crippen molar-refractivity contribution in [2.45, 2.75) is 12.5 Å². The molecule has 3 aromatic rings. The molecule has 0 aliphatic carbocycles. The molecule has 1 amide bonds. The molecular formula is C18H15ClN2O4S. The molecule has 0 spiro atoms. The van der Waals surface area contributed by atoms with E-state index < -0.39 is 16.4 Å². The third kappa shape index (κ3) is 3.70. The molecule has 134 valence electrons. The molecule has 1 aromatic heterocycles. The van der Waals surface area contributed by atoms with Crippen LogP contribution in [0.15, 0.2) is 48.5 Å². The van der Waals surface area contributed by atoms with Crippen molar-refractivity contribution in [2.24, 2.45) is 0 Å². The standard InChI is InChI=1S/C18H15ClN2O4S/c1-18(23,16-8-11-4-2-3-5-15(11)26-16)10-20-17(22)13-9-12(21(24)25)6-7-14(13)19/h2-9,23H,10H2,1H3,(H,20,22). The number of hydrogen-bond acceptors (Lipinski definition) is 5. The molecule has 1 atom stereocenters. The summed E-state index contributed by atoms with van der Waals surface area (Å²) in [5.74, 6) is -0.583. The second-order valence-corrected chi connectivity index (χ2v) is 7.52. The molecule has 0 radical (unpaired) electrons. The summed E-state index contributed by atoms with van der Waals surface area (Å²) in [6.07, 6.45) is 0. The van der Waals surface area contributed by atoms with E-state index in [2.05, 4.69) is 5.32 Å². The van der Waals surface area contributed by atoms with Gasteiger partial charge in [0.15, 0.2) is 0 Å². The van der Waals surface area contributed by atoms with Gasteiger partial charge in [-0.1, -0.05) is 29.8 Å². The van der Waals surface area contributed by atoms with Gasteiger partial charge in [0.05, 0.1) is 22.1 Å². The predicted molar refractivity (Wildman–Crippen MR) is 102 cm³/mol. The fraction of sp³-hybridized carbons (Fsp3) is 0.167. The zero-order valence-corrected chi connectivity index (χ0v) is 15.3. The number of nitro groups is 1. The lowest BCUT2D eigenvalue weighted by Crippen LogP contribution is -2.38. The molecule has 1 heterocycles. The summed E-state index contributed by atoms with van der Waals surface area (Å²) in [7, 11) is 0. The monoisotopic (exact) mass is 390 g/mol. The van der Waals surface area contributed by atoms with E-state index in [1.54, 1.807) is 6.92 Å². The summed E-state index contributed by atoms with van der Waals surface area (Å²) in [6.45, 7) is 1.55. The maximum absolute atomic E-state index is 12.4. The molecule has 0 bridgehead atoms. The smallest absolute Gasteiger partial charge is 0.270 e. The molecule has 6 nitrogen and oxygen atoms in total. The third-order valence-corrected chi connectivity index (χ3v) is 5.65. The van der Waals surface area contributed by atoms with Crippen LogP contribution < -0.4 is 5.32 Å². The molecular weight excluding hydrogens is 376 g/mol. The second kappa shape index (κ2) is 7.03. The van der Waals surface area contributed by atoms with Crippen LogP contribution in [-0.4, -0.2) is 22.5 Å². The SMILES string of the molecule is CC(O)(CNC(=O)c1cc([N+](=O)[O-])ccc1Cl)c1cc2ccccc2s1.